The zero-order valence-electron chi connectivity index (χ0n) is 15.9. The van der Waals surface area contributed by atoms with Gasteiger partial charge < -0.3 is 4.52 Å². The van der Waals surface area contributed by atoms with Crippen molar-refractivity contribution in [2.75, 3.05) is 5.32 Å². The maximum Gasteiger partial charge on any atom is 0.241 e. The van der Waals surface area contributed by atoms with E-state index < -0.39 is 0 Å². The summed E-state index contributed by atoms with van der Waals surface area (Å²) in [5, 5.41) is 6.93. The molecule has 0 saturated carbocycles. The fourth-order valence-electron chi connectivity index (χ4n) is 3.03. The monoisotopic (exact) mass is 514 g/mol. The molecule has 0 atom stereocenters. The molecule has 0 aliphatic heterocycles. The first-order valence-electron chi connectivity index (χ1n) is 9.09. The van der Waals surface area contributed by atoms with Gasteiger partial charge >= 0.3 is 0 Å². The van der Waals surface area contributed by atoms with Gasteiger partial charge in [0, 0.05) is 15.3 Å². The number of benzene rings is 2. The van der Waals surface area contributed by atoms with Crippen molar-refractivity contribution in [1.82, 2.24) is 15.1 Å². The van der Waals surface area contributed by atoms with E-state index in [1.54, 1.807) is 31.3 Å². The molecule has 1 amide bonds. The van der Waals surface area contributed by atoms with Crippen LogP contribution in [-0.2, 0) is 11.2 Å². The smallest absolute Gasteiger partial charge is 0.241 e. The summed E-state index contributed by atoms with van der Waals surface area (Å²) in [7, 11) is 0. The number of anilines is 1. The highest BCUT2D eigenvalue weighted by molar-refractivity contribution is 14.1. The average Bonchev–Trinajstić information content (AvgIpc) is 3.15. The van der Waals surface area contributed by atoms with Crippen LogP contribution in [0.15, 0.2) is 65.6 Å². The molecule has 2 aromatic carbocycles. The van der Waals surface area contributed by atoms with Gasteiger partial charge in [-0.3, -0.25) is 10.1 Å². The van der Waals surface area contributed by atoms with E-state index in [9.17, 15) is 9.18 Å². The maximum atomic E-state index is 13.7. The number of nitrogens with zero attached hydrogens (tertiary/aromatic N) is 3. The molecule has 0 fully saturated rings. The van der Waals surface area contributed by atoms with E-state index in [4.69, 9.17) is 4.52 Å². The predicted molar refractivity (Wildman–Crippen MR) is 119 cm³/mol. The number of aromatic nitrogens is 3. The van der Waals surface area contributed by atoms with Gasteiger partial charge in [0.25, 0.3) is 0 Å². The third kappa shape index (κ3) is 4.23. The maximum absolute atomic E-state index is 13.7. The fourth-order valence-corrected chi connectivity index (χ4v) is 3.60. The quantitative estimate of drug-likeness (QED) is 0.378. The highest BCUT2D eigenvalue weighted by atomic mass is 127. The van der Waals surface area contributed by atoms with Gasteiger partial charge in [0.05, 0.1) is 17.7 Å². The molecule has 4 rings (SSSR count). The van der Waals surface area contributed by atoms with Crippen molar-refractivity contribution >= 4 is 34.4 Å². The van der Waals surface area contributed by atoms with Crippen LogP contribution < -0.4 is 5.32 Å². The SMILES string of the molecule is Cc1cc(-c2noc(NC(=O)Cc3ccccc3I)c2-c2ccncn2)ccc1F. The zero-order valence-corrected chi connectivity index (χ0v) is 18.1. The minimum Gasteiger partial charge on any atom is -0.337 e. The number of amides is 1. The summed E-state index contributed by atoms with van der Waals surface area (Å²) in [5.41, 5.74) is 3.56. The number of rotatable bonds is 5. The zero-order chi connectivity index (χ0) is 21.1. The Bertz CT molecular complexity index is 1210. The number of carbonyl (C=O) groups is 1. The first kappa shape index (κ1) is 20.1. The molecule has 1 N–H and O–H groups in total. The van der Waals surface area contributed by atoms with Gasteiger partial charge in [0.15, 0.2) is 0 Å². The van der Waals surface area contributed by atoms with Crippen molar-refractivity contribution < 1.29 is 13.7 Å². The molecule has 0 saturated heterocycles. The lowest BCUT2D eigenvalue weighted by Crippen LogP contribution is -2.15. The van der Waals surface area contributed by atoms with Crippen molar-refractivity contribution in [3.63, 3.8) is 0 Å². The summed E-state index contributed by atoms with van der Waals surface area (Å²) in [6.45, 7) is 1.67. The molecular weight excluding hydrogens is 498 g/mol. The number of hydrogen-bond donors (Lipinski definition) is 1. The van der Waals surface area contributed by atoms with Crippen LogP contribution in [0, 0.1) is 16.3 Å². The standard InChI is InChI=1S/C22H16FIN4O2/c1-13-10-15(6-7-16(13)23)21-20(18-8-9-25-12-26-18)22(30-28-21)27-19(29)11-14-4-2-3-5-17(14)24/h2-10,12H,11H2,1H3,(H,27,29). The normalized spacial score (nSPS) is 10.8. The van der Waals surface area contributed by atoms with Crippen LogP contribution in [-0.4, -0.2) is 21.0 Å². The van der Waals surface area contributed by atoms with E-state index in [0.717, 1.165) is 9.13 Å². The molecule has 8 heteroatoms. The largest absolute Gasteiger partial charge is 0.337 e. The van der Waals surface area contributed by atoms with Gasteiger partial charge in [-0.05, 0) is 71.0 Å². The molecule has 0 aliphatic carbocycles. The summed E-state index contributed by atoms with van der Waals surface area (Å²) in [6.07, 6.45) is 3.18. The number of hydrogen-bond acceptors (Lipinski definition) is 5. The highest BCUT2D eigenvalue weighted by Gasteiger charge is 2.23. The second kappa shape index (κ2) is 8.70. The van der Waals surface area contributed by atoms with Gasteiger partial charge in [-0.2, -0.15) is 0 Å². The lowest BCUT2D eigenvalue weighted by atomic mass is 10.0. The molecule has 0 bridgehead atoms. The lowest BCUT2D eigenvalue weighted by molar-refractivity contribution is -0.115. The summed E-state index contributed by atoms with van der Waals surface area (Å²) < 4.78 is 20.2. The highest BCUT2D eigenvalue weighted by Crippen LogP contribution is 2.37. The lowest BCUT2D eigenvalue weighted by Gasteiger charge is -2.07. The van der Waals surface area contributed by atoms with Crippen molar-refractivity contribution in [3.8, 4) is 22.5 Å². The Balaban J connectivity index is 1.71. The Morgan fingerprint density at radius 2 is 2.03 bits per heavy atom. The van der Waals surface area contributed by atoms with Crippen molar-refractivity contribution in [1.29, 1.82) is 0 Å². The molecule has 0 unspecified atom stereocenters. The molecule has 2 aromatic heterocycles. The molecule has 150 valence electrons. The van der Waals surface area contributed by atoms with Gasteiger partial charge in [-0.15, -0.1) is 0 Å². The molecule has 0 aliphatic rings. The molecule has 0 radical (unpaired) electrons. The average molecular weight is 514 g/mol. The topological polar surface area (TPSA) is 80.9 Å². The summed E-state index contributed by atoms with van der Waals surface area (Å²) in [5.74, 6) is -0.370. The van der Waals surface area contributed by atoms with Gasteiger partial charge in [0.2, 0.25) is 11.8 Å². The van der Waals surface area contributed by atoms with E-state index in [0.29, 0.717) is 28.1 Å². The minimum absolute atomic E-state index is 0.182. The molecule has 0 spiro atoms. The Morgan fingerprint density at radius 1 is 1.20 bits per heavy atom. The second-order valence-corrected chi connectivity index (χ2v) is 7.77. The third-order valence-corrected chi connectivity index (χ3v) is 5.58. The first-order chi connectivity index (χ1) is 14.5. The van der Waals surface area contributed by atoms with Crippen LogP contribution >= 0.6 is 22.6 Å². The number of halogens is 2. The van der Waals surface area contributed by atoms with Crippen molar-refractivity contribution in [3.05, 3.63) is 81.6 Å². The molecule has 4 aromatic rings. The van der Waals surface area contributed by atoms with E-state index in [1.165, 1.54) is 12.4 Å². The van der Waals surface area contributed by atoms with Crippen LogP contribution in [0.2, 0.25) is 0 Å². The Morgan fingerprint density at radius 3 is 2.77 bits per heavy atom. The Labute approximate surface area is 185 Å². The van der Waals surface area contributed by atoms with Gasteiger partial charge in [-0.1, -0.05) is 23.4 Å². The summed E-state index contributed by atoms with van der Waals surface area (Å²) in [6, 6.07) is 14.0. The summed E-state index contributed by atoms with van der Waals surface area (Å²) >= 11 is 2.19. The Kier molecular flexibility index (Phi) is 5.84. The van der Waals surface area contributed by atoms with E-state index in [2.05, 4.69) is 43.0 Å². The van der Waals surface area contributed by atoms with E-state index in [1.807, 2.05) is 24.3 Å². The van der Waals surface area contributed by atoms with E-state index in [-0.39, 0.29) is 24.0 Å². The van der Waals surface area contributed by atoms with E-state index >= 15 is 0 Å². The third-order valence-electron chi connectivity index (χ3n) is 4.52. The van der Waals surface area contributed by atoms with Crippen LogP contribution in [0.4, 0.5) is 10.3 Å². The van der Waals surface area contributed by atoms with Crippen LogP contribution in [0.1, 0.15) is 11.1 Å². The molecule has 30 heavy (non-hydrogen) atoms. The minimum atomic E-state index is -0.308. The first-order valence-corrected chi connectivity index (χ1v) is 10.2. The Hall–Kier alpha value is -3.14. The number of aryl methyl sites for hydroxylation is 1. The fraction of sp³-hybridized carbons (Fsp3) is 0.0909. The van der Waals surface area contributed by atoms with Crippen LogP contribution in [0.3, 0.4) is 0 Å². The predicted octanol–water partition coefficient (Wildman–Crippen LogP) is 5.03. The number of carbonyl (C=O) groups excluding carboxylic acids is 1. The van der Waals surface area contributed by atoms with Crippen LogP contribution in [0.25, 0.3) is 22.5 Å². The molecule has 6 nitrogen and oxygen atoms in total. The van der Waals surface area contributed by atoms with Gasteiger partial charge in [-0.25, -0.2) is 14.4 Å². The van der Waals surface area contributed by atoms with Gasteiger partial charge in [0.1, 0.15) is 17.8 Å². The molecule has 2 heterocycles. The molecular formula is C22H16FIN4O2. The van der Waals surface area contributed by atoms with Crippen molar-refractivity contribution in [2.45, 2.75) is 13.3 Å². The number of nitrogens with one attached hydrogen (secondary N) is 1. The van der Waals surface area contributed by atoms with Crippen LogP contribution in [0.5, 0.6) is 0 Å². The van der Waals surface area contributed by atoms with Crippen molar-refractivity contribution in [2.24, 2.45) is 0 Å². The second-order valence-electron chi connectivity index (χ2n) is 6.61. The summed E-state index contributed by atoms with van der Waals surface area (Å²) in [4.78, 5) is 20.9.